The van der Waals surface area contributed by atoms with Gasteiger partial charge in [-0.15, -0.1) is 0 Å². The fraction of sp³-hybridized carbons (Fsp3) is 0.500. The van der Waals surface area contributed by atoms with E-state index in [1.54, 1.807) is 13.8 Å². The predicted octanol–water partition coefficient (Wildman–Crippen LogP) is 0.146. The third kappa shape index (κ3) is 5.28. The standard InChI is InChI=1S/C16H22N4O4S/c1-9(2)12(20-16(24)18-7-10-4-6-25-8-10)14(22)19-11-3-5-17-15(23)13(11)21/h4,6,8-9,11-12H,3,5,7H2,1-2H3,(H,17,23)(H,19,22)(H2,18,20,24). The molecule has 0 aliphatic carbocycles. The summed E-state index contributed by atoms with van der Waals surface area (Å²) in [6.45, 7) is 4.27. The summed E-state index contributed by atoms with van der Waals surface area (Å²) in [5, 5.41) is 14.1. The second-order valence-corrected chi connectivity index (χ2v) is 6.93. The Hall–Kier alpha value is -2.42. The Kier molecular flexibility index (Phi) is 6.51. The summed E-state index contributed by atoms with van der Waals surface area (Å²) in [5.41, 5.74) is 0.976. The molecule has 4 amide bonds. The third-order valence-electron chi connectivity index (χ3n) is 3.84. The van der Waals surface area contributed by atoms with E-state index in [0.29, 0.717) is 19.5 Å². The van der Waals surface area contributed by atoms with Gasteiger partial charge in [0.2, 0.25) is 11.7 Å². The van der Waals surface area contributed by atoms with Crippen molar-refractivity contribution in [2.45, 2.75) is 38.9 Å². The third-order valence-corrected chi connectivity index (χ3v) is 4.58. The number of Topliss-reactive ketones (excluding diaryl/α,β-unsaturated/α-hetero) is 1. The number of ketones is 1. The Bertz CT molecular complexity index is 645. The maximum absolute atomic E-state index is 12.4. The van der Waals surface area contributed by atoms with Crippen molar-refractivity contribution in [3.05, 3.63) is 22.4 Å². The first-order valence-corrected chi connectivity index (χ1v) is 9.00. The molecule has 0 bridgehead atoms. The van der Waals surface area contributed by atoms with Crippen LogP contribution in [0.15, 0.2) is 16.8 Å². The first kappa shape index (κ1) is 18.9. The zero-order chi connectivity index (χ0) is 18.4. The van der Waals surface area contributed by atoms with Crippen LogP contribution in [0.25, 0.3) is 0 Å². The molecule has 25 heavy (non-hydrogen) atoms. The second kappa shape index (κ2) is 8.61. The first-order valence-electron chi connectivity index (χ1n) is 8.06. The topological polar surface area (TPSA) is 116 Å². The molecule has 1 saturated heterocycles. The van der Waals surface area contributed by atoms with Gasteiger partial charge in [0, 0.05) is 13.1 Å². The average Bonchev–Trinajstić information content (AvgIpc) is 3.08. The molecular formula is C16H22N4O4S. The maximum atomic E-state index is 12.4. The van der Waals surface area contributed by atoms with E-state index in [1.165, 1.54) is 11.3 Å². The summed E-state index contributed by atoms with van der Waals surface area (Å²) >= 11 is 1.53. The number of carbonyl (C=O) groups excluding carboxylic acids is 4. The highest BCUT2D eigenvalue weighted by Gasteiger charge is 2.33. The molecule has 136 valence electrons. The molecule has 0 aromatic carbocycles. The molecule has 4 N–H and O–H groups in total. The van der Waals surface area contributed by atoms with Crippen LogP contribution < -0.4 is 21.3 Å². The van der Waals surface area contributed by atoms with Crippen LogP contribution in [0.1, 0.15) is 25.8 Å². The number of hydrogen-bond donors (Lipinski definition) is 4. The Morgan fingerprint density at radius 2 is 2.12 bits per heavy atom. The van der Waals surface area contributed by atoms with Gasteiger partial charge in [0.05, 0.1) is 6.04 Å². The number of rotatable bonds is 6. The number of piperidine rings is 1. The lowest BCUT2D eigenvalue weighted by Gasteiger charge is -2.26. The largest absolute Gasteiger partial charge is 0.349 e. The van der Waals surface area contributed by atoms with Crippen LogP contribution in [0.4, 0.5) is 4.79 Å². The molecule has 1 aromatic heterocycles. The van der Waals surface area contributed by atoms with E-state index in [4.69, 9.17) is 0 Å². The monoisotopic (exact) mass is 366 g/mol. The molecule has 2 heterocycles. The zero-order valence-corrected chi connectivity index (χ0v) is 14.9. The second-order valence-electron chi connectivity index (χ2n) is 6.15. The molecule has 2 rings (SSSR count). The lowest BCUT2D eigenvalue weighted by molar-refractivity contribution is -0.142. The Labute approximate surface area is 149 Å². The maximum Gasteiger partial charge on any atom is 0.315 e. The molecule has 8 nitrogen and oxygen atoms in total. The van der Waals surface area contributed by atoms with Gasteiger partial charge in [-0.2, -0.15) is 11.3 Å². The van der Waals surface area contributed by atoms with Gasteiger partial charge >= 0.3 is 6.03 Å². The van der Waals surface area contributed by atoms with Crippen molar-refractivity contribution in [3.8, 4) is 0 Å². The number of carbonyl (C=O) groups is 4. The highest BCUT2D eigenvalue weighted by atomic mass is 32.1. The van der Waals surface area contributed by atoms with Crippen molar-refractivity contribution in [1.29, 1.82) is 0 Å². The van der Waals surface area contributed by atoms with Crippen LogP contribution in [-0.4, -0.2) is 42.3 Å². The molecule has 1 aliphatic heterocycles. The lowest BCUT2D eigenvalue weighted by Crippen LogP contribution is -2.58. The van der Waals surface area contributed by atoms with Crippen molar-refractivity contribution >= 4 is 35.0 Å². The lowest BCUT2D eigenvalue weighted by atomic mass is 10.0. The highest BCUT2D eigenvalue weighted by molar-refractivity contribution is 7.07. The van der Waals surface area contributed by atoms with Gasteiger partial charge in [-0.25, -0.2) is 4.79 Å². The summed E-state index contributed by atoms with van der Waals surface area (Å²) < 4.78 is 0. The van der Waals surface area contributed by atoms with Crippen molar-refractivity contribution in [3.63, 3.8) is 0 Å². The van der Waals surface area contributed by atoms with E-state index in [1.807, 2.05) is 16.8 Å². The summed E-state index contributed by atoms with van der Waals surface area (Å²) in [6, 6.07) is -0.219. The highest BCUT2D eigenvalue weighted by Crippen LogP contribution is 2.07. The number of urea groups is 1. The molecule has 0 saturated carbocycles. The molecule has 1 fully saturated rings. The van der Waals surface area contributed by atoms with Crippen molar-refractivity contribution in [2.24, 2.45) is 5.92 Å². The van der Waals surface area contributed by atoms with E-state index in [2.05, 4.69) is 21.3 Å². The minimum absolute atomic E-state index is 0.181. The van der Waals surface area contributed by atoms with E-state index in [9.17, 15) is 19.2 Å². The average molecular weight is 366 g/mol. The minimum atomic E-state index is -0.849. The van der Waals surface area contributed by atoms with Crippen molar-refractivity contribution < 1.29 is 19.2 Å². The number of thiophene rings is 1. The summed E-state index contributed by atoms with van der Waals surface area (Å²) in [6.07, 6.45) is 0.339. The number of hydrogen-bond acceptors (Lipinski definition) is 5. The summed E-state index contributed by atoms with van der Waals surface area (Å²) in [7, 11) is 0. The Morgan fingerprint density at radius 3 is 2.76 bits per heavy atom. The molecule has 9 heteroatoms. The first-order chi connectivity index (χ1) is 11.9. The predicted molar refractivity (Wildman–Crippen MR) is 92.9 cm³/mol. The van der Waals surface area contributed by atoms with Crippen LogP contribution >= 0.6 is 11.3 Å². The van der Waals surface area contributed by atoms with Gasteiger partial charge < -0.3 is 21.3 Å². The van der Waals surface area contributed by atoms with E-state index in [-0.39, 0.29) is 5.92 Å². The van der Waals surface area contributed by atoms with Crippen molar-refractivity contribution in [1.82, 2.24) is 21.3 Å². The Morgan fingerprint density at radius 1 is 1.36 bits per heavy atom. The summed E-state index contributed by atoms with van der Waals surface area (Å²) in [5.74, 6) is -2.02. The zero-order valence-electron chi connectivity index (χ0n) is 14.1. The van der Waals surface area contributed by atoms with E-state index in [0.717, 1.165) is 5.56 Å². The Balaban J connectivity index is 1.90. The van der Waals surface area contributed by atoms with Crippen LogP contribution in [0.5, 0.6) is 0 Å². The van der Waals surface area contributed by atoms with Gasteiger partial charge in [-0.3, -0.25) is 14.4 Å². The number of amides is 4. The fourth-order valence-electron chi connectivity index (χ4n) is 2.41. The van der Waals surface area contributed by atoms with Gasteiger partial charge in [0.15, 0.2) is 0 Å². The molecule has 1 aliphatic rings. The summed E-state index contributed by atoms with van der Waals surface area (Å²) in [4.78, 5) is 47.6. The molecular weight excluding hydrogens is 344 g/mol. The fourth-order valence-corrected chi connectivity index (χ4v) is 3.08. The van der Waals surface area contributed by atoms with Gasteiger partial charge in [0.25, 0.3) is 5.91 Å². The molecule has 2 atom stereocenters. The SMILES string of the molecule is CC(C)C(NC(=O)NCc1ccsc1)C(=O)NC1CCNC(=O)C1=O. The van der Waals surface area contributed by atoms with Crippen LogP contribution in [-0.2, 0) is 20.9 Å². The van der Waals surface area contributed by atoms with Crippen LogP contribution in [0, 0.1) is 5.92 Å². The van der Waals surface area contributed by atoms with Crippen LogP contribution in [0.3, 0.4) is 0 Å². The molecule has 0 spiro atoms. The van der Waals surface area contributed by atoms with Gasteiger partial charge in [-0.1, -0.05) is 13.8 Å². The number of nitrogens with one attached hydrogen (secondary N) is 4. The quantitative estimate of drug-likeness (QED) is 0.536. The van der Waals surface area contributed by atoms with E-state index >= 15 is 0 Å². The van der Waals surface area contributed by atoms with Crippen LogP contribution in [0.2, 0.25) is 0 Å². The normalized spacial score (nSPS) is 18.4. The smallest absolute Gasteiger partial charge is 0.315 e. The van der Waals surface area contributed by atoms with Crippen molar-refractivity contribution in [2.75, 3.05) is 6.54 Å². The van der Waals surface area contributed by atoms with Gasteiger partial charge in [0.1, 0.15) is 6.04 Å². The minimum Gasteiger partial charge on any atom is -0.349 e. The van der Waals surface area contributed by atoms with Gasteiger partial charge in [-0.05, 0) is 34.7 Å². The van der Waals surface area contributed by atoms with E-state index < -0.39 is 35.7 Å². The molecule has 2 unspecified atom stereocenters. The molecule has 0 radical (unpaired) electrons. The molecule has 1 aromatic rings.